The normalized spacial score (nSPS) is 26.3. The second kappa shape index (κ2) is 11.4. The van der Waals surface area contributed by atoms with Crippen molar-refractivity contribution in [3.8, 4) is 11.8 Å². The van der Waals surface area contributed by atoms with Gasteiger partial charge in [0.15, 0.2) is 0 Å². The highest BCUT2D eigenvalue weighted by Gasteiger charge is 2.38. The average molecular weight is 396 g/mol. The van der Waals surface area contributed by atoms with Crippen LogP contribution in [0.3, 0.4) is 0 Å². The average Bonchev–Trinajstić information content (AvgIpc) is 2.76. The number of fused-ring (bicyclic) bond motifs is 1. The van der Waals surface area contributed by atoms with Crippen LogP contribution in [0.15, 0.2) is 24.3 Å². The molecule has 0 aliphatic heterocycles. The predicted octanol–water partition coefficient (Wildman–Crippen LogP) is 7.05. The van der Waals surface area contributed by atoms with Gasteiger partial charge in [0, 0.05) is 0 Å². The first-order valence-electron chi connectivity index (χ1n) is 11.9. The largest absolute Gasteiger partial charge is 0.426 e. The number of esters is 1. The Balaban J connectivity index is 1.38. The van der Waals surface area contributed by atoms with E-state index in [0.29, 0.717) is 17.2 Å². The molecule has 0 bridgehead atoms. The Morgan fingerprint density at radius 3 is 2.41 bits per heavy atom. The summed E-state index contributed by atoms with van der Waals surface area (Å²) in [5, 5.41) is 8.88. The molecule has 3 rings (SSSR count). The van der Waals surface area contributed by atoms with Crippen LogP contribution in [0.4, 0.5) is 0 Å². The predicted molar refractivity (Wildman–Crippen MR) is 116 cm³/mol. The van der Waals surface area contributed by atoms with E-state index in [1.54, 1.807) is 24.3 Å². The molecule has 0 heterocycles. The molecule has 158 valence electrons. The number of rotatable bonds is 9. The third kappa shape index (κ3) is 6.59. The van der Waals surface area contributed by atoms with Gasteiger partial charge in [-0.15, -0.1) is 0 Å². The Morgan fingerprint density at radius 1 is 0.966 bits per heavy atom. The lowest BCUT2D eigenvalue weighted by molar-refractivity contribution is -0.141. The van der Waals surface area contributed by atoms with Gasteiger partial charge in [0.2, 0.25) is 0 Å². The maximum absolute atomic E-state index is 12.6. The molecule has 3 heteroatoms. The second-order valence-electron chi connectivity index (χ2n) is 9.32. The molecule has 0 radical (unpaired) electrons. The van der Waals surface area contributed by atoms with Crippen LogP contribution in [0.25, 0.3) is 0 Å². The molecule has 2 aliphatic rings. The van der Waals surface area contributed by atoms with E-state index in [-0.39, 0.29) is 11.9 Å². The van der Waals surface area contributed by atoms with E-state index in [0.717, 1.165) is 24.7 Å². The van der Waals surface area contributed by atoms with E-state index in [2.05, 4.69) is 13.0 Å². The number of carbonyl (C=O) groups is 1. The highest BCUT2D eigenvalue weighted by Crippen LogP contribution is 2.46. The van der Waals surface area contributed by atoms with Crippen molar-refractivity contribution < 1.29 is 9.53 Å². The van der Waals surface area contributed by atoms with Crippen molar-refractivity contribution in [1.82, 2.24) is 0 Å². The first-order chi connectivity index (χ1) is 14.2. The van der Waals surface area contributed by atoms with Gasteiger partial charge < -0.3 is 4.74 Å². The molecule has 0 amide bonds. The van der Waals surface area contributed by atoms with Crippen LogP contribution in [-0.4, -0.2) is 5.97 Å². The molecule has 29 heavy (non-hydrogen) atoms. The van der Waals surface area contributed by atoms with E-state index in [9.17, 15) is 4.79 Å². The molecule has 0 spiro atoms. The van der Waals surface area contributed by atoms with E-state index < -0.39 is 0 Å². The highest BCUT2D eigenvalue weighted by atomic mass is 16.5. The Bertz CT molecular complexity index is 675. The Morgan fingerprint density at radius 2 is 1.66 bits per heavy atom. The van der Waals surface area contributed by atoms with E-state index in [1.807, 2.05) is 0 Å². The fraction of sp³-hybridized carbons (Fsp3) is 0.692. The van der Waals surface area contributed by atoms with Crippen molar-refractivity contribution in [2.45, 2.75) is 90.4 Å². The number of ether oxygens (including phenoxy) is 1. The second-order valence-corrected chi connectivity index (χ2v) is 9.32. The molecule has 1 aromatic carbocycles. The van der Waals surface area contributed by atoms with Crippen molar-refractivity contribution in [3.63, 3.8) is 0 Å². The van der Waals surface area contributed by atoms with Gasteiger partial charge in [0.25, 0.3) is 0 Å². The summed E-state index contributed by atoms with van der Waals surface area (Å²) in [5.41, 5.74) is 0.586. The molecule has 4 atom stereocenters. The van der Waals surface area contributed by atoms with Crippen LogP contribution in [0.2, 0.25) is 0 Å². The van der Waals surface area contributed by atoms with Gasteiger partial charge in [-0.1, -0.05) is 58.3 Å². The van der Waals surface area contributed by atoms with Crippen molar-refractivity contribution >= 4 is 5.97 Å². The van der Waals surface area contributed by atoms with Gasteiger partial charge in [-0.05, 0) is 74.1 Å². The summed E-state index contributed by atoms with van der Waals surface area (Å²) in [5.74, 6) is 2.98. The molecule has 0 saturated heterocycles. The van der Waals surface area contributed by atoms with E-state index in [4.69, 9.17) is 10.00 Å². The standard InChI is InChI=1S/C26H37NO2/c1-2-3-4-5-6-7-8-20-9-12-23-18-24(14-13-22(23)17-20)26(28)29-25-15-10-21(19-27)11-16-25/h10-11,15-16,20,22-24H,2-9,12-14,17-18H2,1H3/t20?,22-,23?,24-/m1/s1. The zero-order valence-corrected chi connectivity index (χ0v) is 18.1. The van der Waals surface area contributed by atoms with Gasteiger partial charge in [-0.2, -0.15) is 5.26 Å². The Hall–Kier alpha value is -1.82. The van der Waals surface area contributed by atoms with Crippen LogP contribution in [0.1, 0.15) is 96.0 Å². The quantitative estimate of drug-likeness (QED) is 0.256. The molecule has 2 aliphatic carbocycles. The van der Waals surface area contributed by atoms with Gasteiger partial charge >= 0.3 is 5.97 Å². The van der Waals surface area contributed by atoms with E-state index >= 15 is 0 Å². The summed E-state index contributed by atoms with van der Waals surface area (Å²) in [7, 11) is 0. The lowest BCUT2D eigenvalue weighted by Gasteiger charge is -2.41. The van der Waals surface area contributed by atoms with Gasteiger partial charge in [0.1, 0.15) is 5.75 Å². The zero-order valence-electron chi connectivity index (χ0n) is 18.1. The number of carbonyl (C=O) groups excluding carboxylic acids is 1. The van der Waals surface area contributed by atoms with Crippen molar-refractivity contribution in [1.29, 1.82) is 5.26 Å². The lowest BCUT2D eigenvalue weighted by atomic mass is 9.64. The van der Waals surface area contributed by atoms with Crippen molar-refractivity contribution in [2.75, 3.05) is 0 Å². The first-order valence-corrected chi connectivity index (χ1v) is 11.9. The first kappa shape index (κ1) is 21.9. The Kier molecular flexibility index (Phi) is 8.59. The zero-order chi connectivity index (χ0) is 20.5. The number of nitrogens with zero attached hydrogens (tertiary/aromatic N) is 1. The molecule has 3 nitrogen and oxygen atoms in total. The molecule has 1 aromatic rings. The molecule has 0 N–H and O–H groups in total. The molecule has 2 unspecified atom stereocenters. The SMILES string of the molecule is CCCCCCCCC1CCC2C[C@H](C(=O)Oc3ccc(C#N)cc3)CC[C@@H]2C1. The monoisotopic (exact) mass is 395 g/mol. The van der Waals surface area contributed by atoms with Crippen LogP contribution in [0.5, 0.6) is 5.75 Å². The maximum atomic E-state index is 12.6. The summed E-state index contributed by atoms with van der Waals surface area (Å²) in [6, 6.07) is 8.92. The topological polar surface area (TPSA) is 50.1 Å². The number of unbranched alkanes of at least 4 members (excludes halogenated alkanes) is 5. The molecule has 2 saturated carbocycles. The van der Waals surface area contributed by atoms with Crippen LogP contribution in [-0.2, 0) is 4.79 Å². The van der Waals surface area contributed by atoms with Crippen LogP contribution in [0, 0.1) is 35.0 Å². The van der Waals surface area contributed by atoms with Crippen LogP contribution >= 0.6 is 0 Å². The number of hydrogen-bond acceptors (Lipinski definition) is 3. The van der Waals surface area contributed by atoms with Gasteiger partial charge in [0.05, 0.1) is 17.6 Å². The van der Waals surface area contributed by atoms with Crippen molar-refractivity contribution in [3.05, 3.63) is 29.8 Å². The number of nitriles is 1. The fourth-order valence-electron chi connectivity index (χ4n) is 5.47. The summed E-state index contributed by atoms with van der Waals surface area (Å²) >= 11 is 0. The third-order valence-electron chi connectivity index (χ3n) is 7.22. The summed E-state index contributed by atoms with van der Waals surface area (Å²) in [4.78, 5) is 12.6. The molecule has 0 aromatic heterocycles. The minimum Gasteiger partial charge on any atom is -0.426 e. The number of benzene rings is 1. The van der Waals surface area contributed by atoms with E-state index in [1.165, 1.54) is 70.6 Å². The van der Waals surface area contributed by atoms with Crippen molar-refractivity contribution in [2.24, 2.45) is 23.7 Å². The van der Waals surface area contributed by atoms with Gasteiger partial charge in [-0.3, -0.25) is 4.79 Å². The molecular formula is C26H37NO2. The summed E-state index contributed by atoms with van der Waals surface area (Å²) in [6.45, 7) is 2.28. The lowest BCUT2D eigenvalue weighted by Crippen LogP contribution is -2.35. The molecular weight excluding hydrogens is 358 g/mol. The van der Waals surface area contributed by atoms with Crippen LogP contribution < -0.4 is 4.74 Å². The molecule has 2 fully saturated rings. The maximum Gasteiger partial charge on any atom is 0.314 e. The fourth-order valence-corrected chi connectivity index (χ4v) is 5.47. The summed E-state index contributed by atoms with van der Waals surface area (Å²) < 4.78 is 5.60. The number of hydrogen-bond donors (Lipinski definition) is 0. The van der Waals surface area contributed by atoms with Gasteiger partial charge in [-0.25, -0.2) is 0 Å². The minimum absolute atomic E-state index is 0.0435. The minimum atomic E-state index is -0.0811. The summed E-state index contributed by atoms with van der Waals surface area (Å²) in [6.07, 6.45) is 17.0. The Labute approximate surface area is 176 Å². The highest BCUT2D eigenvalue weighted by molar-refractivity contribution is 5.75. The third-order valence-corrected chi connectivity index (χ3v) is 7.22. The smallest absolute Gasteiger partial charge is 0.314 e.